The highest BCUT2D eigenvalue weighted by Crippen LogP contribution is 2.25. The highest BCUT2D eigenvalue weighted by molar-refractivity contribution is 6.28. The van der Waals surface area contributed by atoms with E-state index in [4.69, 9.17) is 11.6 Å². The van der Waals surface area contributed by atoms with Crippen molar-refractivity contribution < 1.29 is 0 Å². The van der Waals surface area contributed by atoms with Crippen molar-refractivity contribution in [2.45, 2.75) is 26.2 Å². The van der Waals surface area contributed by atoms with Gasteiger partial charge in [-0.2, -0.15) is 4.98 Å². The van der Waals surface area contributed by atoms with Crippen molar-refractivity contribution in [2.75, 3.05) is 5.32 Å². The van der Waals surface area contributed by atoms with Crippen molar-refractivity contribution in [3.05, 3.63) is 59.4 Å². The molecule has 3 aromatic rings. The first-order valence-electron chi connectivity index (χ1n) is 7.54. The summed E-state index contributed by atoms with van der Waals surface area (Å²) in [7, 11) is 0. The van der Waals surface area contributed by atoms with Crippen LogP contribution in [-0.2, 0) is 6.42 Å². The Hall–Kier alpha value is -2.13. The molecule has 1 heterocycles. The van der Waals surface area contributed by atoms with Gasteiger partial charge in [-0.15, -0.1) is 0 Å². The number of anilines is 2. The fraction of sp³-hybridized carbons (Fsp3) is 0.222. The number of para-hydroxylation sites is 1. The van der Waals surface area contributed by atoms with E-state index in [1.165, 1.54) is 18.4 Å². The van der Waals surface area contributed by atoms with E-state index in [0.717, 1.165) is 28.8 Å². The maximum Gasteiger partial charge on any atom is 0.224 e. The van der Waals surface area contributed by atoms with Crippen LogP contribution in [0.25, 0.3) is 10.9 Å². The van der Waals surface area contributed by atoms with Crippen molar-refractivity contribution >= 4 is 34.0 Å². The molecule has 2 aromatic carbocycles. The molecule has 0 fully saturated rings. The third-order valence-electron chi connectivity index (χ3n) is 3.61. The molecular formula is C18H18ClN3. The molecule has 3 rings (SSSR count). The number of benzene rings is 2. The van der Waals surface area contributed by atoms with Crippen molar-refractivity contribution in [1.82, 2.24) is 9.97 Å². The van der Waals surface area contributed by atoms with Crippen LogP contribution in [0.5, 0.6) is 0 Å². The Balaban J connectivity index is 1.86. The number of hydrogen-bond acceptors (Lipinski definition) is 3. The van der Waals surface area contributed by atoms with E-state index < -0.39 is 0 Å². The maximum absolute atomic E-state index is 6.01. The van der Waals surface area contributed by atoms with Gasteiger partial charge in [-0.25, -0.2) is 4.98 Å². The van der Waals surface area contributed by atoms with E-state index >= 15 is 0 Å². The molecule has 0 aliphatic rings. The summed E-state index contributed by atoms with van der Waals surface area (Å²) in [4.78, 5) is 8.55. The van der Waals surface area contributed by atoms with Gasteiger partial charge in [0.2, 0.25) is 5.28 Å². The maximum atomic E-state index is 6.01. The second kappa shape index (κ2) is 6.75. The third kappa shape index (κ3) is 3.37. The smallest absolute Gasteiger partial charge is 0.224 e. The quantitative estimate of drug-likeness (QED) is 0.644. The molecule has 0 bridgehead atoms. The molecule has 0 unspecified atom stereocenters. The minimum Gasteiger partial charge on any atom is -0.340 e. The Bertz CT molecular complexity index is 769. The van der Waals surface area contributed by atoms with Crippen LogP contribution in [-0.4, -0.2) is 9.97 Å². The van der Waals surface area contributed by atoms with Gasteiger partial charge in [0.15, 0.2) is 0 Å². The average molecular weight is 312 g/mol. The van der Waals surface area contributed by atoms with Gasteiger partial charge in [-0.3, -0.25) is 0 Å². The van der Waals surface area contributed by atoms with E-state index in [9.17, 15) is 0 Å². The number of fused-ring (bicyclic) bond motifs is 1. The van der Waals surface area contributed by atoms with Gasteiger partial charge in [0.1, 0.15) is 5.82 Å². The average Bonchev–Trinajstić information content (AvgIpc) is 2.54. The molecule has 0 saturated carbocycles. The number of unbranched alkanes of at least 4 members (excludes halogenated alkanes) is 1. The Morgan fingerprint density at radius 2 is 1.77 bits per heavy atom. The number of halogens is 1. The molecule has 0 saturated heterocycles. The first kappa shape index (κ1) is 14.8. The number of aromatic nitrogens is 2. The summed E-state index contributed by atoms with van der Waals surface area (Å²) >= 11 is 6.01. The monoisotopic (exact) mass is 311 g/mol. The number of nitrogens with one attached hydrogen (secondary N) is 1. The van der Waals surface area contributed by atoms with Gasteiger partial charge in [-0.05, 0) is 54.3 Å². The lowest BCUT2D eigenvalue weighted by Crippen LogP contribution is -1.97. The molecule has 0 amide bonds. The molecule has 0 spiro atoms. The van der Waals surface area contributed by atoms with Crippen LogP contribution in [0.15, 0.2) is 48.5 Å². The SMILES string of the molecule is CCCCc1ccc(Nc2nc(Cl)nc3ccccc23)cc1. The first-order chi connectivity index (χ1) is 10.8. The minimum absolute atomic E-state index is 0.251. The van der Waals surface area contributed by atoms with Gasteiger partial charge in [0.25, 0.3) is 0 Å². The number of nitrogens with zero attached hydrogens (tertiary/aromatic N) is 2. The minimum atomic E-state index is 0.251. The summed E-state index contributed by atoms with van der Waals surface area (Å²) in [5.74, 6) is 0.733. The molecule has 4 heteroatoms. The molecule has 22 heavy (non-hydrogen) atoms. The molecule has 1 aromatic heterocycles. The number of hydrogen-bond donors (Lipinski definition) is 1. The second-order valence-electron chi connectivity index (χ2n) is 5.28. The Labute approximate surface area is 135 Å². The highest BCUT2D eigenvalue weighted by Gasteiger charge is 2.06. The van der Waals surface area contributed by atoms with Crippen molar-refractivity contribution in [1.29, 1.82) is 0 Å². The molecular weight excluding hydrogens is 294 g/mol. The van der Waals surface area contributed by atoms with Crippen LogP contribution in [0.1, 0.15) is 25.3 Å². The lowest BCUT2D eigenvalue weighted by Gasteiger charge is -2.09. The van der Waals surface area contributed by atoms with Crippen LogP contribution in [0.4, 0.5) is 11.5 Å². The fourth-order valence-electron chi connectivity index (χ4n) is 2.42. The van der Waals surface area contributed by atoms with Crippen molar-refractivity contribution in [3.63, 3.8) is 0 Å². The van der Waals surface area contributed by atoms with E-state index in [1.54, 1.807) is 0 Å². The lowest BCUT2D eigenvalue weighted by atomic mass is 10.1. The van der Waals surface area contributed by atoms with Gasteiger partial charge in [0.05, 0.1) is 5.52 Å². The number of aryl methyl sites for hydroxylation is 1. The first-order valence-corrected chi connectivity index (χ1v) is 7.92. The van der Waals surface area contributed by atoms with Gasteiger partial charge >= 0.3 is 0 Å². The van der Waals surface area contributed by atoms with Gasteiger partial charge < -0.3 is 5.32 Å². The Morgan fingerprint density at radius 1 is 1.00 bits per heavy atom. The summed E-state index contributed by atoms with van der Waals surface area (Å²) in [6.07, 6.45) is 3.56. The fourth-order valence-corrected chi connectivity index (χ4v) is 2.59. The molecule has 1 N–H and O–H groups in total. The van der Waals surface area contributed by atoms with Gasteiger partial charge in [0, 0.05) is 11.1 Å². The van der Waals surface area contributed by atoms with Crippen LogP contribution in [0.3, 0.4) is 0 Å². The molecule has 0 radical (unpaired) electrons. The van der Waals surface area contributed by atoms with Crippen LogP contribution < -0.4 is 5.32 Å². The predicted molar refractivity (Wildman–Crippen MR) is 92.9 cm³/mol. The van der Waals surface area contributed by atoms with Crippen LogP contribution >= 0.6 is 11.6 Å². The van der Waals surface area contributed by atoms with E-state index in [-0.39, 0.29) is 5.28 Å². The Morgan fingerprint density at radius 3 is 2.55 bits per heavy atom. The van der Waals surface area contributed by atoms with E-state index in [1.807, 2.05) is 24.3 Å². The summed E-state index contributed by atoms with van der Waals surface area (Å²) < 4.78 is 0. The topological polar surface area (TPSA) is 37.8 Å². The molecule has 112 valence electrons. The van der Waals surface area contributed by atoms with Crippen molar-refractivity contribution in [2.24, 2.45) is 0 Å². The van der Waals surface area contributed by atoms with E-state index in [2.05, 4.69) is 46.5 Å². The van der Waals surface area contributed by atoms with E-state index in [0.29, 0.717) is 0 Å². The zero-order chi connectivity index (χ0) is 15.4. The lowest BCUT2D eigenvalue weighted by molar-refractivity contribution is 0.795. The standard InChI is InChI=1S/C18H18ClN3/c1-2-3-6-13-9-11-14(12-10-13)20-17-15-7-4-5-8-16(15)21-18(19)22-17/h4-5,7-12H,2-3,6H2,1H3,(H,20,21,22). The molecule has 0 atom stereocenters. The predicted octanol–water partition coefficient (Wildman–Crippen LogP) is 5.37. The molecule has 3 nitrogen and oxygen atoms in total. The number of rotatable bonds is 5. The molecule has 0 aliphatic heterocycles. The van der Waals surface area contributed by atoms with Crippen LogP contribution in [0, 0.1) is 0 Å². The van der Waals surface area contributed by atoms with Crippen molar-refractivity contribution in [3.8, 4) is 0 Å². The summed E-state index contributed by atoms with van der Waals surface area (Å²) in [5, 5.41) is 4.55. The van der Waals surface area contributed by atoms with Crippen LogP contribution in [0.2, 0.25) is 5.28 Å². The second-order valence-corrected chi connectivity index (χ2v) is 5.62. The molecule has 0 aliphatic carbocycles. The zero-order valence-electron chi connectivity index (χ0n) is 12.5. The largest absolute Gasteiger partial charge is 0.340 e. The summed E-state index contributed by atoms with van der Waals surface area (Å²) in [5.41, 5.74) is 3.20. The van der Waals surface area contributed by atoms with Gasteiger partial charge in [-0.1, -0.05) is 37.6 Å². The summed E-state index contributed by atoms with van der Waals surface area (Å²) in [6, 6.07) is 16.3. The third-order valence-corrected chi connectivity index (χ3v) is 3.78. The normalized spacial score (nSPS) is 10.8. The Kier molecular flexibility index (Phi) is 4.54. The zero-order valence-corrected chi connectivity index (χ0v) is 13.3. The highest BCUT2D eigenvalue weighted by atomic mass is 35.5. The summed E-state index contributed by atoms with van der Waals surface area (Å²) in [6.45, 7) is 2.21.